The lowest BCUT2D eigenvalue weighted by molar-refractivity contribution is -0.131. The average Bonchev–Trinajstić information content (AvgIpc) is 2.45. The highest BCUT2D eigenvalue weighted by atomic mass is 32.2. The Morgan fingerprint density at radius 1 is 1.57 bits per heavy atom. The third-order valence-corrected chi connectivity index (χ3v) is 4.97. The fourth-order valence-corrected chi connectivity index (χ4v) is 3.85. The molecule has 1 aliphatic rings. The molecule has 0 amide bonds. The van der Waals surface area contributed by atoms with Gasteiger partial charge in [-0.25, -0.2) is 19.2 Å². The molecule has 4 N–H and O–H groups in total. The van der Waals surface area contributed by atoms with E-state index in [1.54, 1.807) is 13.8 Å². The number of sulfonamides is 1. The smallest absolute Gasteiger partial charge is 0.244 e. The van der Waals surface area contributed by atoms with E-state index in [2.05, 4.69) is 10.4 Å². The number of hydrogen-bond acceptors (Lipinski definition) is 7. The molecule has 0 aliphatic carbocycles. The molecule has 1 aromatic heterocycles. The quantitative estimate of drug-likeness (QED) is 0.507. The van der Waals surface area contributed by atoms with Gasteiger partial charge in [-0.2, -0.15) is 4.31 Å². The Morgan fingerprint density at radius 3 is 2.81 bits per heavy atom. The predicted molar refractivity (Wildman–Crippen MR) is 76.8 cm³/mol. The Kier molecular flexibility index (Phi) is 4.49. The Balaban J connectivity index is 2.29. The van der Waals surface area contributed by atoms with Gasteiger partial charge in [0.15, 0.2) is 0 Å². The maximum atomic E-state index is 12.6. The first-order chi connectivity index (χ1) is 9.78. The van der Waals surface area contributed by atoms with Crippen LogP contribution in [0.3, 0.4) is 0 Å². The second-order valence-electron chi connectivity index (χ2n) is 5.50. The van der Waals surface area contributed by atoms with Gasteiger partial charge in [0.1, 0.15) is 10.7 Å². The molecule has 2 heterocycles. The summed E-state index contributed by atoms with van der Waals surface area (Å²) in [5, 5.41) is 9.26. The lowest BCUT2D eigenvalue weighted by atomic mass is 10.1. The maximum absolute atomic E-state index is 12.6. The van der Waals surface area contributed by atoms with Crippen LogP contribution < -0.4 is 11.3 Å². The molecule has 2 rings (SSSR count). The van der Waals surface area contributed by atoms with E-state index in [-0.39, 0.29) is 24.6 Å². The molecule has 0 bridgehead atoms. The molecule has 0 spiro atoms. The number of nitrogens with zero attached hydrogens (tertiary/aromatic N) is 2. The van der Waals surface area contributed by atoms with Crippen LogP contribution in [0.1, 0.15) is 13.8 Å². The van der Waals surface area contributed by atoms with Crippen molar-refractivity contribution in [3.05, 3.63) is 18.3 Å². The van der Waals surface area contributed by atoms with Crippen LogP contribution in [0.5, 0.6) is 0 Å². The summed E-state index contributed by atoms with van der Waals surface area (Å²) in [4.78, 5) is 3.99. The number of pyridine rings is 1. The lowest BCUT2D eigenvalue weighted by Crippen LogP contribution is -2.55. The van der Waals surface area contributed by atoms with Crippen LogP contribution in [0.2, 0.25) is 0 Å². The van der Waals surface area contributed by atoms with Crippen molar-refractivity contribution in [2.75, 3.05) is 25.1 Å². The van der Waals surface area contributed by atoms with Gasteiger partial charge < -0.3 is 15.3 Å². The van der Waals surface area contributed by atoms with Crippen LogP contribution in [0.25, 0.3) is 0 Å². The number of anilines is 1. The van der Waals surface area contributed by atoms with Crippen molar-refractivity contribution in [1.82, 2.24) is 9.29 Å². The number of morpholine rings is 1. The summed E-state index contributed by atoms with van der Waals surface area (Å²) >= 11 is 0. The van der Waals surface area contributed by atoms with Crippen molar-refractivity contribution in [3.63, 3.8) is 0 Å². The molecule has 8 nitrogen and oxygen atoms in total. The third-order valence-electron chi connectivity index (χ3n) is 3.18. The molecule has 0 radical (unpaired) electrons. The number of ether oxygens (including phenoxy) is 1. The van der Waals surface area contributed by atoms with Crippen LogP contribution >= 0.6 is 0 Å². The summed E-state index contributed by atoms with van der Waals surface area (Å²) in [7, 11) is -3.69. The van der Waals surface area contributed by atoms with Gasteiger partial charge in [-0.3, -0.25) is 0 Å². The summed E-state index contributed by atoms with van der Waals surface area (Å²) < 4.78 is 32.2. The SMILES string of the molecule is CC1(C)CN(S(=O)(=O)c2ccc(NN)nc2)CC(CO)O1. The molecule has 118 valence electrons. The van der Waals surface area contributed by atoms with Gasteiger partial charge in [-0.15, -0.1) is 0 Å². The second-order valence-corrected chi connectivity index (χ2v) is 7.44. The summed E-state index contributed by atoms with van der Waals surface area (Å²) in [6, 6.07) is 2.93. The van der Waals surface area contributed by atoms with E-state index in [4.69, 9.17) is 10.6 Å². The maximum Gasteiger partial charge on any atom is 0.244 e. The van der Waals surface area contributed by atoms with Crippen LogP contribution in [0.4, 0.5) is 5.82 Å². The van der Waals surface area contributed by atoms with Gasteiger partial charge in [0, 0.05) is 19.3 Å². The fraction of sp³-hybridized carbons (Fsp3) is 0.583. The molecule has 1 atom stereocenters. The van der Waals surface area contributed by atoms with E-state index >= 15 is 0 Å². The summed E-state index contributed by atoms with van der Waals surface area (Å²) in [6.07, 6.45) is 0.711. The number of aliphatic hydroxyl groups is 1. The summed E-state index contributed by atoms with van der Waals surface area (Å²) in [5.41, 5.74) is 1.68. The summed E-state index contributed by atoms with van der Waals surface area (Å²) in [5.74, 6) is 5.59. The van der Waals surface area contributed by atoms with Gasteiger partial charge in [0.2, 0.25) is 10.0 Å². The first kappa shape index (κ1) is 16.1. The van der Waals surface area contributed by atoms with Crippen LogP contribution in [0, 0.1) is 0 Å². The Morgan fingerprint density at radius 2 is 2.29 bits per heavy atom. The van der Waals surface area contributed by atoms with Crippen molar-refractivity contribution < 1.29 is 18.3 Å². The number of rotatable bonds is 4. The van der Waals surface area contributed by atoms with Crippen molar-refractivity contribution in [3.8, 4) is 0 Å². The second kappa shape index (κ2) is 5.85. The van der Waals surface area contributed by atoms with Gasteiger partial charge >= 0.3 is 0 Å². The monoisotopic (exact) mass is 316 g/mol. The van der Waals surface area contributed by atoms with Crippen molar-refractivity contribution in [2.24, 2.45) is 5.84 Å². The van der Waals surface area contributed by atoms with E-state index in [9.17, 15) is 13.5 Å². The molecule has 1 aliphatic heterocycles. The standard InChI is InChI=1S/C12H20N4O4S/c1-12(2)8-16(6-9(7-17)20-12)21(18,19)10-3-4-11(15-13)14-5-10/h3-5,9,17H,6-8,13H2,1-2H3,(H,14,15). The van der Waals surface area contributed by atoms with E-state index in [1.807, 2.05) is 0 Å². The minimum Gasteiger partial charge on any atom is -0.394 e. The Hall–Kier alpha value is -1.26. The first-order valence-electron chi connectivity index (χ1n) is 6.50. The zero-order chi connectivity index (χ0) is 15.7. The zero-order valence-electron chi connectivity index (χ0n) is 12.0. The molecule has 1 saturated heterocycles. The van der Waals surface area contributed by atoms with E-state index in [1.165, 1.54) is 22.6 Å². The highest BCUT2D eigenvalue weighted by Crippen LogP contribution is 2.26. The Bertz CT molecular complexity index is 588. The number of hydrazine groups is 1. The fourth-order valence-electron chi connectivity index (χ4n) is 2.29. The van der Waals surface area contributed by atoms with E-state index in [0.29, 0.717) is 5.82 Å². The number of nitrogens with one attached hydrogen (secondary N) is 1. The lowest BCUT2D eigenvalue weighted by Gasteiger charge is -2.41. The van der Waals surface area contributed by atoms with Gasteiger partial charge in [-0.05, 0) is 26.0 Å². The minimum atomic E-state index is -3.69. The number of hydrogen-bond donors (Lipinski definition) is 3. The molecule has 9 heteroatoms. The number of aromatic nitrogens is 1. The molecular weight excluding hydrogens is 296 g/mol. The van der Waals surface area contributed by atoms with Gasteiger partial charge in [0.25, 0.3) is 0 Å². The van der Waals surface area contributed by atoms with Crippen molar-refractivity contribution in [1.29, 1.82) is 0 Å². The average molecular weight is 316 g/mol. The molecule has 1 fully saturated rings. The van der Waals surface area contributed by atoms with Crippen molar-refractivity contribution in [2.45, 2.75) is 30.4 Å². The highest BCUT2D eigenvalue weighted by Gasteiger charge is 2.39. The molecule has 21 heavy (non-hydrogen) atoms. The zero-order valence-corrected chi connectivity index (χ0v) is 12.8. The first-order valence-corrected chi connectivity index (χ1v) is 7.94. The van der Waals surface area contributed by atoms with Crippen LogP contribution in [-0.4, -0.2) is 54.2 Å². The summed E-state index contributed by atoms with van der Waals surface area (Å²) in [6.45, 7) is 3.67. The largest absolute Gasteiger partial charge is 0.394 e. The molecule has 0 aromatic carbocycles. The number of aliphatic hydroxyl groups excluding tert-OH is 1. The van der Waals surface area contributed by atoms with E-state index < -0.39 is 21.7 Å². The normalized spacial score (nSPS) is 23.0. The van der Waals surface area contributed by atoms with Gasteiger partial charge in [0.05, 0.1) is 18.3 Å². The number of nitrogen functional groups attached to an aromatic ring is 1. The van der Waals surface area contributed by atoms with Gasteiger partial charge in [-0.1, -0.05) is 0 Å². The minimum absolute atomic E-state index is 0.0795. The number of nitrogens with two attached hydrogens (primary N) is 1. The predicted octanol–water partition coefficient (Wildman–Crippen LogP) is -0.472. The van der Waals surface area contributed by atoms with Crippen molar-refractivity contribution >= 4 is 15.8 Å². The van der Waals surface area contributed by atoms with Crippen LogP contribution in [-0.2, 0) is 14.8 Å². The Labute approximate surface area is 123 Å². The topological polar surface area (TPSA) is 118 Å². The molecule has 0 saturated carbocycles. The third kappa shape index (κ3) is 3.50. The molecular formula is C12H20N4O4S. The molecule has 1 unspecified atom stereocenters. The molecule has 1 aromatic rings. The van der Waals surface area contributed by atoms with Crippen LogP contribution in [0.15, 0.2) is 23.2 Å². The van der Waals surface area contributed by atoms with E-state index in [0.717, 1.165) is 0 Å². The highest BCUT2D eigenvalue weighted by molar-refractivity contribution is 7.89.